The highest BCUT2D eigenvalue weighted by Gasteiger charge is 2.27. The number of likely N-dealkylation sites (tertiary alicyclic amines) is 1. The molecule has 1 saturated heterocycles. The molecule has 0 bridgehead atoms. The van der Waals surface area contributed by atoms with E-state index in [9.17, 15) is 0 Å². The fourth-order valence-electron chi connectivity index (χ4n) is 4.14. The number of hydrogen-bond acceptors (Lipinski definition) is 6. The van der Waals surface area contributed by atoms with E-state index in [1.165, 1.54) is 5.56 Å². The zero-order valence-corrected chi connectivity index (χ0v) is 18.2. The van der Waals surface area contributed by atoms with Gasteiger partial charge >= 0.3 is 0 Å². The number of aryl methyl sites for hydroxylation is 3. The lowest BCUT2D eigenvalue weighted by Gasteiger charge is -2.29. The van der Waals surface area contributed by atoms with Crippen molar-refractivity contribution in [2.24, 2.45) is 7.05 Å². The van der Waals surface area contributed by atoms with Gasteiger partial charge < -0.3 is 13.5 Å². The Morgan fingerprint density at radius 1 is 1.03 bits per heavy atom. The average Bonchev–Trinajstić information content (AvgIpc) is 3.50. The maximum atomic E-state index is 5.95. The lowest BCUT2D eigenvalue weighted by Crippen LogP contribution is -2.32. The predicted octanol–water partition coefficient (Wildman–Crippen LogP) is 4.73. The molecule has 0 N–H and O–H groups in total. The molecule has 1 fully saturated rings. The monoisotopic (exact) mass is 417 g/mol. The van der Waals surface area contributed by atoms with Gasteiger partial charge in [-0.2, -0.15) is 4.98 Å². The first-order valence-electron chi connectivity index (χ1n) is 10.8. The molecule has 0 radical (unpaired) electrons. The van der Waals surface area contributed by atoms with Gasteiger partial charge in [0.1, 0.15) is 5.76 Å². The Hall–Kier alpha value is -3.19. The molecule has 3 aromatic heterocycles. The maximum absolute atomic E-state index is 5.95. The van der Waals surface area contributed by atoms with E-state index in [2.05, 4.69) is 46.2 Å². The van der Waals surface area contributed by atoms with Gasteiger partial charge in [0.25, 0.3) is 0 Å². The number of hydrogen-bond donors (Lipinski definition) is 0. The zero-order chi connectivity index (χ0) is 21.4. The van der Waals surface area contributed by atoms with E-state index in [4.69, 9.17) is 13.9 Å². The molecule has 0 amide bonds. The van der Waals surface area contributed by atoms with Crippen molar-refractivity contribution in [1.82, 2.24) is 24.6 Å². The van der Waals surface area contributed by atoms with Crippen molar-refractivity contribution in [2.75, 3.05) is 13.1 Å². The first-order chi connectivity index (χ1) is 15.1. The SMILES string of the molecule is Cc1ccc(-c2nc(CN3CCC(c4nc(-c5cccn5C)no4)CC3)c(C)o2)cc1. The van der Waals surface area contributed by atoms with E-state index in [0.29, 0.717) is 17.6 Å². The summed E-state index contributed by atoms with van der Waals surface area (Å²) in [5.74, 6) is 3.30. The second kappa shape index (κ2) is 8.15. The summed E-state index contributed by atoms with van der Waals surface area (Å²) in [6.07, 6.45) is 3.98. The summed E-state index contributed by atoms with van der Waals surface area (Å²) in [6, 6.07) is 12.3. The van der Waals surface area contributed by atoms with E-state index in [0.717, 1.165) is 61.1 Å². The van der Waals surface area contributed by atoms with Crippen LogP contribution < -0.4 is 0 Å². The third kappa shape index (κ3) is 4.05. The molecule has 1 aliphatic heterocycles. The van der Waals surface area contributed by atoms with Crippen LogP contribution >= 0.6 is 0 Å². The Morgan fingerprint density at radius 3 is 2.52 bits per heavy atom. The Bertz CT molecular complexity index is 1160. The van der Waals surface area contributed by atoms with Crippen molar-refractivity contribution in [3.63, 3.8) is 0 Å². The minimum atomic E-state index is 0.305. The van der Waals surface area contributed by atoms with E-state index in [1.807, 2.05) is 36.9 Å². The Morgan fingerprint density at radius 2 is 1.81 bits per heavy atom. The fraction of sp³-hybridized carbons (Fsp3) is 0.375. The molecule has 0 saturated carbocycles. The van der Waals surface area contributed by atoms with Crippen LogP contribution in [0.1, 0.15) is 41.7 Å². The number of aromatic nitrogens is 4. The summed E-state index contributed by atoms with van der Waals surface area (Å²) < 4.78 is 13.5. The standard InChI is InChI=1S/C24H27N5O2/c1-16-6-8-18(9-7-16)23-25-20(17(2)30-23)15-29-13-10-19(11-14-29)24-26-22(27-31-24)21-5-4-12-28(21)3/h4-9,12,19H,10-11,13-15H2,1-3H3. The number of piperidine rings is 1. The Labute approximate surface area is 181 Å². The summed E-state index contributed by atoms with van der Waals surface area (Å²) in [4.78, 5) is 11.9. The minimum absolute atomic E-state index is 0.305. The molecule has 4 heterocycles. The van der Waals surface area contributed by atoms with Crippen molar-refractivity contribution < 1.29 is 8.94 Å². The number of nitrogens with zero attached hydrogens (tertiary/aromatic N) is 5. The largest absolute Gasteiger partial charge is 0.441 e. The molecule has 0 atom stereocenters. The van der Waals surface area contributed by atoms with Crippen molar-refractivity contribution in [3.05, 3.63) is 65.5 Å². The molecule has 160 valence electrons. The average molecular weight is 418 g/mol. The predicted molar refractivity (Wildman–Crippen MR) is 117 cm³/mol. The first-order valence-corrected chi connectivity index (χ1v) is 10.8. The van der Waals surface area contributed by atoms with Gasteiger partial charge in [-0.15, -0.1) is 0 Å². The molecule has 7 heteroatoms. The van der Waals surface area contributed by atoms with Crippen LogP contribution in [0.2, 0.25) is 0 Å². The summed E-state index contributed by atoms with van der Waals surface area (Å²) >= 11 is 0. The molecular weight excluding hydrogens is 390 g/mol. The van der Waals surface area contributed by atoms with Crippen molar-refractivity contribution in [1.29, 1.82) is 0 Å². The summed E-state index contributed by atoms with van der Waals surface area (Å²) in [7, 11) is 1.99. The molecule has 1 aliphatic rings. The third-order valence-electron chi connectivity index (χ3n) is 6.12. The molecule has 4 aromatic rings. The van der Waals surface area contributed by atoms with E-state index in [-0.39, 0.29) is 0 Å². The number of rotatable bonds is 5. The van der Waals surface area contributed by atoms with Crippen LogP contribution in [-0.2, 0) is 13.6 Å². The Balaban J connectivity index is 1.21. The molecule has 7 nitrogen and oxygen atoms in total. The number of benzene rings is 1. The van der Waals surface area contributed by atoms with Gasteiger partial charge in [-0.05, 0) is 64.0 Å². The van der Waals surface area contributed by atoms with Crippen LogP contribution in [0.4, 0.5) is 0 Å². The zero-order valence-electron chi connectivity index (χ0n) is 18.2. The molecule has 5 rings (SSSR count). The van der Waals surface area contributed by atoms with Crippen molar-refractivity contribution in [2.45, 2.75) is 39.2 Å². The maximum Gasteiger partial charge on any atom is 0.230 e. The summed E-state index contributed by atoms with van der Waals surface area (Å²) in [5.41, 5.74) is 4.23. The van der Waals surface area contributed by atoms with Gasteiger partial charge in [0.15, 0.2) is 0 Å². The van der Waals surface area contributed by atoms with Crippen LogP contribution in [0.25, 0.3) is 23.0 Å². The molecule has 0 unspecified atom stereocenters. The van der Waals surface area contributed by atoms with Gasteiger partial charge in [0.05, 0.1) is 11.4 Å². The van der Waals surface area contributed by atoms with E-state index in [1.54, 1.807) is 0 Å². The lowest BCUT2D eigenvalue weighted by molar-refractivity contribution is 0.185. The second-order valence-corrected chi connectivity index (χ2v) is 8.40. The lowest BCUT2D eigenvalue weighted by atomic mass is 9.96. The first kappa shape index (κ1) is 19.8. The fourth-order valence-corrected chi connectivity index (χ4v) is 4.14. The van der Waals surface area contributed by atoms with Gasteiger partial charge in [-0.3, -0.25) is 4.90 Å². The topological polar surface area (TPSA) is 73.1 Å². The highest BCUT2D eigenvalue weighted by Crippen LogP contribution is 2.30. The van der Waals surface area contributed by atoms with Crippen molar-refractivity contribution >= 4 is 0 Å². The van der Waals surface area contributed by atoms with Crippen LogP contribution in [0.3, 0.4) is 0 Å². The van der Waals surface area contributed by atoms with E-state index < -0.39 is 0 Å². The van der Waals surface area contributed by atoms with Gasteiger partial charge in [-0.25, -0.2) is 4.98 Å². The highest BCUT2D eigenvalue weighted by molar-refractivity contribution is 5.54. The quantitative estimate of drug-likeness (QED) is 0.468. The molecule has 31 heavy (non-hydrogen) atoms. The second-order valence-electron chi connectivity index (χ2n) is 8.40. The smallest absolute Gasteiger partial charge is 0.230 e. The van der Waals surface area contributed by atoms with Gasteiger partial charge in [0.2, 0.25) is 17.6 Å². The minimum Gasteiger partial charge on any atom is -0.441 e. The highest BCUT2D eigenvalue weighted by atomic mass is 16.5. The summed E-state index contributed by atoms with van der Waals surface area (Å²) in [6.45, 7) is 6.82. The van der Waals surface area contributed by atoms with Crippen LogP contribution in [0.15, 0.2) is 51.5 Å². The molecule has 1 aromatic carbocycles. The van der Waals surface area contributed by atoms with E-state index >= 15 is 0 Å². The molecular formula is C24H27N5O2. The van der Waals surface area contributed by atoms with Crippen LogP contribution in [0, 0.1) is 13.8 Å². The van der Waals surface area contributed by atoms with Crippen molar-refractivity contribution in [3.8, 4) is 23.0 Å². The van der Waals surface area contributed by atoms with Crippen LogP contribution in [-0.4, -0.2) is 37.7 Å². The molecule has 0 aliphatic carbocycles. The molecule has 0 spiro atoms. The van der Waals surface area contributed by atoms with Gasteiger partial charge in [0, 0.05) is 31.3 Å². The Kier molecular flexibility index (Phi) is 5.19. The number of oxazole rings is 1. The van der Waals surface area contributed by atoms with Gasteiger partial charge in [-0.1, -0.05) is 22.9 Å². The normalized spacial score (nSPS) is 15.6. The van der Waals surface area contributed by atoms with Crippen LogP contribution in [0.5, 0.6) is 0 Å². The third-order valence-corrected chi connectivity index (χ3v) is 6.12. The summed E-state index contributed by atoms with van der Waals surface area (Å²) in [5, 5.41) is 4.19.